The van der Waals surface area contributed by atoms with Gasteiger partial charge < -0.3 is 14.8 Å². The number of aromatic nitrogens is 1. The second-order valence-electron chi connectivity index (χ2n) is 8.01. The highest BCUT2D eigenvalue weighted by atomic mass is 35.5. The molecule has 1 aliphatic rings. The van der Waals surface area contributed by atoms with E-state index in [1.54, 1.807) is 0 Å². The van der Waals surface area contributed by atoms with E-state index in [2.05, 4.69) is 54.7 Å². The number of nitrogens with one attached hydrogen (secondary N) is 1. The first kappa shape index (κ1) is 19.6. The van der Waals surface area contributed by atoms with Gasteiger partial charge in [-0.2, -0.15) is 4.37 Å². The lowest BCUT2D eigenvalue weighted by Crippen LogP contribution is -2.31. The van der Waals surface area contributed by atoms with Gasteiger partial charge in [0.25, 0.3) is 0 Å². The SMILES string of the molecule is Cc1nsc(NCCc2ccc(C3(C)OCC(C(C)(C)C)O3)cc2)c1Cl. The Hall–Kier alpha value is -1.14. The Morgan fingerprint density at radius 3 is 2.54 bits per heavy atom. The quantitative estimate of drug-likeness (QED) is 0.737. The average Bonchev–Trinajstić information content (AvgIpc) is 3.14. The van der Waals surface area contributed by atoms with Gasteiger partial charge in [-0.3, -0.25) is 0 Å². The van der Waals surface area contributed by atoms with Gasteiger partial charge in [0, 0.05) is 12.1 Å². The minimum atomic E-state index is -0.664. The van der Waals surface area contributed by atoms with Crippen LogP contribution in [0.15, 0.2) is 24.3 Å². The van der Waals surface area contributed by atoms with Crippen molar-refractivity contribution in [3.63, 3.8) is 0 Å². The summed E-state index contributed by atoms with van der Waals surface area (Å²) in [7, 11) is 0. The Morgan fingerprint density at radius 2 is 2.00 bits per heavy atom. The molecule has 1 saturated heterocycles. The van der Waals surface area contributed by atoms with Crippen LogP contribution in [0.5, 0.6) is 0 Å². The average molecular weight is 395 g/mol. The van der Waals surface area contributed by atoms with Crippen molar-refractivity contribution in [2.45, 2.75) is 52.9 Å². The third-order valence-corrected chi connectivity index (χ3v) is 6.28. The molecule has 1 N–H and O–H groups in total. The van der Waals surface area contributed by atoms with Crippen molar-refractivity contribution >= 4 is 28.1 Å². The van der Waals surface area contributed by atoms with Crippen LogP contribution in [0.1, 0.15) is 44.5 Å². The van der Waals surface area contributed by atoms with Crippen molar-refractivity contribution in [3.05, 3.63) is 46.1 Å². The fourth-order valence-electron chi connectivity index (χ4n) is 2.92. The van der Waals surface area contributed by atoms with E-state index in [-0.39, 0.29) is 11.5 Å². The van der Waals surface area contributed by atoms with E-state index in [1.165, 1.54) is 17.1 Å². The van der Waals surface area contributed by atoms with E-state index >= 15 is 0 Å². The molecule has 0 bridgehead atoms. The van der Waals surface area contributed by atoms with Crippen LogP contribution in [0, 0.1) is 12.3 Å². The molecule has 1 fully saturated rings. The van der Waals surface area contributed by atoms with Crippen molar-refractivity contribution in [1.82, 2.24) is 4.37 Å². The monoisotopic (exact) mass is 394 g/mol. The van der Waals surface area contributed by atoms with Gasteiger partial charge in [-0.1, -0.05) is 56.6 Å². The highest BCUT2D eigenvalue weighted by molar-refractivity contribution is 7.11. The zero-order chi connectivity index (χ0) is 18.9. The third-order valence-electron chi connectivity index (χ3n) is 4.81. The normalized spacial score (nSPS) is 23.4. The first-order valence-electron chi connectivity index (χ1n) is 8.96. The minimum absolute atomic E-state index is 0.0691. The number of anilines is 1. The zero-order valence-corrected chi connectivity index (χ0v) is 17.6. The minimum Gasteiger partial charge on any atom is -0.374 e. The topological polar surface area (TPSA) is 43.4 Å². The van der Waals surface area contributed by atoms with E-state index in [1.807, 2.05) is 13.8 Å². The summed E-state index contributed by atoms with van der Waals surface area (Å²) >= 11 is 7.61. The Bertz CT molecular complexity index is 754. The van der Waals surface area contributed by atoms with Gasteiger partial charge in [0.05, 0.1) is 23.4 Å². The van der Waals surface area contributed by atoms with E-state index in [9.17, 15) is 0 Å². The Kier molecular flexibility index (Phi) is 5.63. The molecular formula is C20H27ClN2O2S. The Balaban J connectivity index is 1.58. The van der Waals surface area contributed by atoms with Gasteiger partial charge in [-0.05, 0) is 42.8 Å². The van der Waals surface area contributed by atoms with E-state index in [4.69, 9.17) is 21.1 Å². The molecular weight excluding hydrogens is 368 g/mol. The molecule has 142 valence electrons. The molecule has 1 aromatic carbocycles. The number of benzene rings is 1. The lowest BCUT2D eigenvalue weighted by molar-refractivity contribution is -0.172. The fourth-order valence-corrected chi connectivity index (χ4v) is 3.89. The van der Waals surface area contributed by atoms with Crippen molar-refractivity contribution in [1.29, 1.82) is 0 Å². The maximum absolute atomic E-state index is 6.24. The van der Waals surface area contributed by atoms with Gasteiger partial charge in [0.1, 0.15) is 5.00 Å². The molecule has 1 aromatic heterocycles. The second-order valence-corrected chi connectivity index (χ2v) is 9.17. The highest BCUT2D eigenvalue weighted by Crippen LogP contribution is 2.39. The van der Waals surface area contributed by atoms with Crippen LogP contribution in [-0.4, -0.2) is 23.6 Å². The maximum Gasteiger partial charge on any atom is 0.192 e. The van der Waals surface area contributed by atoms with E-state index in [0.29, 0.717) is 6.61 Å². The Morgan fingerprint density at radius 1 is 1.31 bits per heavy atom. The number of nitrogens with zero attached hydrogens (tertiary/aromatic N) is 1. The molecule has 0 spiro atoms. The summed E-state index contributed by atoms with van der Waals surface area (Å²) < 4.78 is 16.5. The summed E-state index contributed by atoms with van der Waals surface area (Å²) in [5.41, 5.74) is 3.26. The number of ether oxygens (including phenoxy) is 2. The molecule has 0 amide bonds. The van der Waals surface area contributed by atoms with Crippen LogP contribution < -0.4 is 5.32 Å². The molecule has 0 radical (unpaired) electrons. The molecule has 1 aliphatic heterocycles. The number of aryl methyl sites for hydroxylation is 1. The standard InChI is InChI=1S/C20H27ClN2O2S/c1-13-17(21)18(26-23-13)22-11-10-14-6-8-15(9-7-14)20(5)24-12-16(25-20)19(2,3)4/h6-9,16,22H,10-12H2,1-5H3. The molecule has 2 atom stereocenters. The predicted octanol–water partition coefficient (Wildman–Crippen LogP) is 5.39. The molecule has 2 unspecified atom stereocenters. The third kappa shape index (κ3) is 4.22. The smallest absolute Gasteiger partial charge is 0.192 e. The zero-order valence-electron chi connectivity index (χ0n) is 16.1. The molecule has 26 heavy (non-hydrogen) atoms. The lowest BCUT2D eigenvalue weighted by atomic mass is 9.90. The van der Waals surface area contributed by atoms with Crippen LogP contribution in [0.25, 0.3) is 0 Å². The van der Waals surface area contributed by atoms with Crippen LogP contribution >= 0.6 is 23.1 Å². The second kappa shape index (κ2) is 7.47. The summed E-state index contributed by atoms with van der Waals surface area (Å²) in [5.74, 6) is -0.664. The van der Waals surface area contributed by atoms with Gasteiger partial charge in [0.15, 0.2) is 5.79 Å². The molecule has 4 nitrogen and oxygen atoms in total. The van der Waals surface area contributed by atoms with E-state index < -0.39 is 5.79 Å². The largest absolute Gasteiger partial charge is 0.374 e. The summed E-state index contributed by atoms with van der Waals surface area (Å²) in [6, 6.07) is 8.48. The molecule has 6 heteroatoms. The van der Waals surface area contributed by atoms with Gasteiger partial charge >= 0.3 is 0 Å². The summed E-state index contributed by atoms with van der Waals surface area (Å²) in [5, 5.41) is 5.02. The summed E-state index contributed by atoms with van der Waals surface area (Å²) in [4.78, 5) is 0. The molecule has 0 saturated carbocycles. The van der Waals surface area contributed by atoms with Crippen molar-refractivity contribution in [2.24, 2.45) is 5.41 Å². The van der Waals surface area contributed by atoms with Crippen molar-refractivity contribution in [2.75, 3.05) is 18.5 Å². The van der Waals surface area contributed by atoms with Crippen LogP contribution in [0.3, 0.4) is 0 Å². The van der Waals surface area contributed by atoms with Crippen LogP contribution in [0.4, 0.5) is 5.00 Å². The summed E-state index contributed by atoms with van der Waals surface area (Å²) in [6.07, 6.45) is 1.01. The number of hydrogen-bond donors (Lipinski definition) is 1. The molecule has 0 aliphatic carbocycles. The van der Waals surface area contributed by atoms with E-state index in [0.717, 1.165) is 34.2 Å². The molecule has 2 heterocycles. The summed E-state index contributed by atoms with van der Waals surface area (Å²) in [6.45, 7) is 11.9. The van der Waals surface area contributed by atoms with Gasteiger partial charge in [-0.25, -0.2) is 0 Å². The lowest BCUT2D eigenvalue weighted by Gasteiger charge is -2.29. The number of hydrogen-bond acceptors (Lipinski definition) is 5. The fraction of sp³-hybridized carbons (Fsp3) is 0.550. The van der Waals surface area contributed by atoms with Crippen LogP contribution in [-0.2, 0) is 21.7 Å². The number of rotatable bonds is 5. The number of halogens is 1. The molecule has 2 aromatic rings. The maximum atomic E-state index is 6.24. The van der Waals surface area contributed by atoms with Crippen LogP contribution in [0.2, 0.25) is 5.02 Å². The van der Waals surface area contributed by atoms with Crippen molar-refractivity contribution < 1.29 is 9.47 Å². The van der Waals surface area contributed by atoms with Gasteiger partial charge in [-0.15, -0.1) is 0 Å². The predicted molar refractivity (Wildman–Crippen MR) is 108 cm³/mol. The van der Waals surface area contributed by atoms with Gasteiger partial charge in [0.2, 0.25) is 0 Å². The Labute approximate surface area is 165 Å². The first-order valence-corrected chi connectivity index (χ1v) is 10.1. The highest BCUT2D eigenvalue weighted by Gasteiger charge is 2.43. The first-order chi connectivity index (χ1) is 12.2. The molecule has 3 rings (SSSR count). The van der Waals surface area contributed by atoms with Crippen molar-refractivity contribution in [3.8, 4) is 0 Å².